The molecule has 0 saturated carbocycles. The summed E-state index contributed by atoms with van der Waals surface area (Å²) in [6.45, 7) is 3.54. The molecule has 1 heterocycles. The summed E-state index contributed by atoms with van der Waals surface area (Å²) in [7, 11) is 0. The molecule has 0 aliphatic rings. The van der Waals surface area contributed by atoms with Crippen LogP contribution in [0.1, 0.15) is 12.5 Å². The first kappa shape index (κ1) is 11.1. The predicted molar refractivity (Wildman–Crippen MR) is 58.7 cm³/mol. The van der Waals surface area contributed by atoms with Crippen molar-refractivity contribution in [3.05, 3.63) is 30.1 Å². The second-order valence-electron chi connectivity index (χ2n) is 3.77. The molecular weight excluding hydrogens is 174 g/mol. The van der Waals surface area contributed by atoms with E-state index >= 15 is 0 Å². The first-order valence-electron chi connectivity index (χ1n) is 5.07. The van der Waals surface area contributed by atoms with E-state index < -0.39 is 0 Å². The van der Waals surface area contributed by atoms with Gasteiger partial charge in [0.15, 0.2) is 0 Å². The quantitative estimate of drug-likeness (QED) is 0.726. The number of nitrogens with zero attached hydrogens (tertiary/aromatic N) is 1. The lowest BCUT2D eigenvalue weighted by molar-refractivity contribution is 0.372. The summed E-state index contributed by atoms with van der Waals surface area (Å²) in [4.78, 5) is 3.99. The van der Waals surface area contributed by atoms with Gasteiger partial charge in [0.2, 0.25) is 0 Å². The molecule has 78 valence electrons. The number of hydrogen-bond acceptors (Lipinski definition) is 3. The highest BCUT2D eigenvalue weighted by Crippen LogP contribution is 2.15. The molecule has 1 unspecified atom stereocenters. The molecule has 3 nitrogen and oxygen atoms in total. The van der Waals surface area contributed by atoms with Crippen molar-refractivity contribution in [2.24, 2.45) is 23.3 Å². The van der Waals surface area contributed by atoms with E-state index in [0.717, 1.165) is 6.42 Å². The van der Waals surface area contributed by atoms with Gasteiger partial charge in [0, 0.05) is 12.4 Å². The minimum absolute atomic E-state index is 0.420. The van der Waals surface area contributed by atoms with Gasteiger partial charge in [0.1, 0.15) is 0 Å². The molecule has 0 aliphatic carbocycles. The van der Waals surface area contributed by atoms with E-state index in [1.165, 1.54) is 5.56 Å². The largest absolute Gasteiger partial charge is 0.330 e. The van der Waals surface area contributed by atoms with Crippen molar-refractivity contribution in [2.75, 3.05) is 13.1 Å². The van der Waals surface area contributed by atoms with Crippen LogP contribution in [0.5, 0.6) is 0 Å². The average Bonchev–Trinajstić information content (AvgIpc) is 2.21. The highest BCUT2D eigenvalue weighted by atomic mass is 14.6. The average molecular weight is 193 g/mol. The Morgan fingerprint density at radius 1 is 1.21 bits per heavy atom. The van der Waals surface area contributed by atoms with Crippen molar-refractivity contribution in [3.63, 3.8) is 0 Å². The van der Waals surface area contributed by atoms with E-state index in [2.05, 4.69) is 11.9 Å². The van der Waals surface area contributed by atoms with Crippen LogP contribution in [0.3, 0.4) is 0 Å². The maximum absolute atomic E-state index is 5.65. The third-order valence-electron chi connectivity index (χ3n) is 2.72. The minimum Gasteiger partial charge on any atom is -0.330 e. The molecule has 0 saturated heterocycles. The smallest absolute Gasteiger partial charge is 0.0270 e. The van der Waals surface area contributed by atoms with Crippen LogP contribution in [0.4, 0.5) is 0 Å². The maximum atomic E-state index is 5.65. The zero-order valence-electron chi connectivity index (χ0n) is 8.69. The topological polar surface area (TPSA) is 64.9 Å². The summed E-state index contributed by atoms with van der Waals surface area (Å²) in [6, 6.07) is 4.08. The van der Waals surface area contributed by atoms with Crippen LogP contribution in [0.25, 0.3) is 0 Å². The molecular formula is C11H19N3. The SMILES string of the molecule is CC(Cc1ccncc1)C(CN)CN. The van der Waals surface area contributed by atoms with Crippen LogP contribution in [0.15, 0.2) is 24.5 Å². The van der Waals surface area contributed by atoms with Gasteiger partial charge < -0.3 is 11.5 Å². The molecule has 1 atom stereocenters. The van der Waals surface area contributed by atoms with Gasteiger partial charge in [-0.3, -0.25) is 4.98 Å². The molecule has 0 bridgehead atoms. The Labute approximate surface area is 85.5 Å². The van der Waals surface area contributed by atoms with Gasteiger partial charge in [-0.15, -0.1) is 0 Å². The van der Waals surface area contributed by atoms with Gasteiger partial charge in [0.05, 0.1) is 0 Å². The first-order chi connectivity index (χ1) is 6.77. The molecule has 0 aromatic carbocycles. The maximum Gasteiger partial charge on any atom is 0.0270 e. The normalized spacial score (nSPS) is 13.1. The number of rotatable bonds is 5. The Kier molecular flexibility index (Phi) is 4.56. The zero-order chi connectivity index (χ0) is 10.4. The van der Waals surface area contributed by atoms with Crippen molar-refractivity contribution in [1.29, 1.82) is 0 Å². The van der Waals surface area contributed by atoms with Crippen LogP contribution in [-0.4, -0.2) is 18.1 Å². The van der Waals surface area contributed by atoms with Crippen molar-refractivity contribution >= 4 is 0 Å². The Hall–Kier alpha value is -0.930. The fourth-order valence-corrected chi connectivity index (χ4v) is 1.62. The van der Waals surface area contributed by atoms with Gasteiger partial charge >= 0.3 is 0 Å². The van der Waals surface area contributed by atoms with Gasteiger partial charge in [-0.2, -0.15) is 0 Å². The van der Waals surface area contributed by atoms with E-state index in [4.69, 9.17) is 11.5 Å². The molecule has 14 heavy (non-hydrogen) atoms. The van der Waals surface area contributed by atoms with Crippen LogP contribution in [-0.2, 0) is 6.42 Å². The van der Waals surface area contributed by atoms with Crippen molar-refractivity contribution in [3.8, 4) is 0 Å². The summed E-state index contributed by atoms with van der Waals surface area (Å²) < 4.78 is 0. The molecule has 3 heteroatoms. The predicted octanol–water partition coefficient (Wildman–Crippen LogP) is 0.794. The number of hydrogen-bond donors (Lipinski definition) is 2. The van der Waals surface area contributed by atoms with Crippen LogP contribution in [0, 0.1) is 11.8 Å². The number of pyridine rings is 1. The molecule has 1 rings (SSSR count). The van der Waals surface area contributed by atoms with Crippen LogP contribution < -0.4 is 11.5 Å². The van der Waals surface area contributed by atoms with Gasteiger partial charge in [0.25, 0.3) is 0 Å². The number of aromatic nitrogens is 1. The van der Waals surface area contributed by atoms with Crippen LogP contribution in [0.2, 0.25) is 0 Å². The van der Waals surface area contributed by atoms with E-state index in [1.807, 2.05) is 24.5 Å². The zero-order valence-corrected chi connectivity index (χ0v) is 8.69. The fraction of sp³-hybridized carbons (Fsp3) is 0.545. The third kappa shape index (κ3) is 3.09. The van der Waals surface area contributed by atoms with E-state index in [0.29, 0.717) is 24.9 Å². The lowest BCUT2D eigenvalue weighted by Gasteiger charge is -2.20. The molecule has 4 N–H and O–H groups in total. The second kappa shape index (κ2) is 5.73. The Morgan fingerprint density at radius 2 is 1.79 bits per heavy atom. The lowest BCUT2D eigenvalue weighted by atomic mass is 9.89. The summed E-state index contributed by atoms with van der Waals surface area (Å²) in [5.41, 5.74) is 12.6. The molecule has 0 spiro atoms. The lowest BCUT2D eigenvalue weighted by Crippen LogP contribution is -2.30. The van der Waals surface area contributed by atoms with Gasteiger partial charge in [-0.1, -0.05) is 6.92 Å². The minimum atomic E-state index is 0.420. The molecule has 0 fully saturated rings. The van der Waals surface area contributed by atoms with Gasteiger partial charge in [-0.05, 0) is 49.0 Å². The third-order valence-corrected chi connectivity index (χ3v) is 2.72. The van der Waals surface area contributed by atoms with E-state index in [-0.39, 0.29) is 0 Å². The Morgan fingerprint density at radius 3 is 2.29 bits per heavy atom. The van der Waals surface area contributed by atoms with Crippen molar-refractivity contribution < 1.29 is 0 Å². The fourth-order valence-electron chi connectivity index (χ4n) is 1.62. The summed E-state index contributed by atoms with van der Waals surface area (Å²) in [5.74, 6) is 0.954. The number of nitrogens with two attached hydrogens (primary N) is 2. The monoisotopic (exact) mass is 193 g/mol. The molecule has 0 aliphatic heterocycles. The summed E-state index contributed by atoms with van der Waals surface area (Å²) >= 11 is 0. The van der Waals surface area contributed by atoms with Gasteiger partial charge in [-0.25, -0.2) is 0 Å². The molecule has 1 aromatic heterocycles. The molecule has 0 radical (unpaired) electrons. The highest BCUT2D eigenvalue weighted by molar-refractivity contribution is 5.10. The highest BCUT2D eigenvalue weighted by Gasteiger charge is 2.14. The van der Waals surface area contributed by atoms with Crippen LogP contribution >= 0.6 is 0 Å². The van der Waals surface area contributed by atoms with E-state index in [9.17, 15) is 0 Å². The standard InChI is InChI=1S/C11H19N3/c1-9(11(7-12)8-13)6-10-2-4-14-5-3-10/h2-5,9,11H,6-8,12-13H2,1H3. The summed E-state index contributed by atoms with van der Waals surface area (Å²) in [6.07, 6.45) is 4.67. The summed E-state index contributed by atoms with van der Waals surface area (Å²) in [5, 5.41) is 0. The first-order valence-corrected chi connectivity index (χ1v) is 5.07. The Bertz CT molecular complexity index is 244. The van der Waals surface area contributed by atoms with Crippen molar-refractivity contribution in [2.45, 2.75) is 13.3 Å². The van der Waals surface area contributed by atoms with Crippen molar-refractivity contribution in [1.82, 2.24) is 4.98 Å². The molecule has 1 aromatic rings. The molecule has 0 amide bonds. The second-order valence-corrected chi connectivity index (χ2v) is 3.77. The Balaban J connectivity index is 2.52. The van der Waals surface area contributed by atoms with E-state index in [1.54, 1.807) is 0 Å².